The van der Waals surface area contributed by atoms with Crippen molar-refractivity contribution in [2.75, 3.05) is 19.4 Å². The van der Waals surface area contributed by atoms with E-state index < -0.39 is 24.5 Å². The smallest absolute Gasteiger partial charge is 0.305 e. The fraction of sp³-hybridized carbons (Fsp3) is 0.455. The van der Waals surface area contributed by atoms with Crippen LogP contribution < -0.4 is 4.74 Å². The molecule has 0 aliphatic heterocycles. The first kappa shape index (κ1) is 15.6. The molecule has 0 heterocycles. The van der Waals surface area contributed by atoms with Crippen molar-refractivity contribution in [2.24, 2.45) is 0 Å². The number of benzene rings is 1. The molecule has 19 heavy (non-hydrogen) atoms. The van der Waals surface area contributed by atoms with Gasteiger partial charge >= 0.3 is 5.69 Å². The summed E-state index contributed by atoms with van der Waals surface area (Å²) in [6.07, 6.45) is 0.907. The van der Waals surface area contributed by atoms with Crippen LogP contribution in [-0.4, -0.2) is 24.3 Å². The average molecular weight is 291 g/mol. The van der Waals surface area contributed by atoms with Crippen molar-refractivity contribution in [3.63, 3.8) is 0 Å². The van der Waals surface area contributed by atoms with E-state index in [1.165, 1.54) is 6.07 Å². The molecule has 0 N–H and O–H groups in total. The van der Waals surface area contributed by atoms with Crippen molar-refractivity contribution in [1.82, 2.24) is 0 Å². The Balaban J connectivity index is 2.40. The van der Waals surface area contributed by atoms with E-state index in [0.29, 0.717) is 19.2 Å². The van der Waals surface area contributed by atoms with Gasteiger partial charge in [-0.25, -0.2) is 0 Å². The maximum absolute atomic E-state index is 13.3. The van der Waals surface area contributed by atoms with E-state index in [1.807, 2.05) is 0 Å². The second-order valence-electron chi connectivity index (χ2n) is 3.63. The molecule has 0 fully saturated rings. The van der Waals surface area contributed by atoms with Crippen LogP contribution in [-0.2, 0) is 9.09 Å². The zero-order chi connectivity index (χ0) is 14.3. The van der Waals surface area contributed by atoms with Gasteiger partial charge < -0.3 is 9.26 Å². The molecule has 0 amide bonds. The van der Waals surface area contributed by atoms with E-state index in [2.05, 4.69) is 0 Å². The second kappa shape index (κ2) is 7.86. The zero-order valence-electron chi connectivity index (χ0n) is 10.4. The van der Waals surface area contributed by atoms with Gasteiger partial charge in [-0.2, -0.15) is 4.39 Å². The van der Waals surface area contributed by atoms with E-state index in [4.69, 9.17) is 9.26 Å². The molecule has 0 aliphatic rings. The Hall–Kier alpha value is -1.46. The van der Waals surface area contributed by atoms with E-state index >= 15 is 0 Å². The monoisotopic (exact) mass is 291 g/mol. The maximum Gasteiger partial charge on any atom is 0.305 e. The second-order valence-corrected chi connectivity index (χ2v) is 5.16. The normalized spacial score (nSPS) is 12.1. The van der Waals surface area contributed by atoms with E-state index in [1.54, 1.807) is 6.92 Å². The summed E-state index contributed by atoms with van der Waals surface area (Å²) >= 11 is 0. The summed E-state index contributed by atoms with van der Waals surface area (Å²) in [5.41, 5.74) is -0.589. The third-order valence-electron chi connectivity index (χ3n) is 2.22. The van der Waals surface area contributed by atoms with E-state index in [9.17, 15) is 19.1 Å². The number of nitro groups is 1. The largest absolute Gasteiger partial charge is 0.493 e. The summed E-state index contributed by atoms with van der Waals surface area (Å²) in [6, 6.07) is 3.34. The summed E-state index contributed by atoms with van der Waals surface area (Å²) in [7, 11) is -2.01. The van der Waals surface area contributed by atoms with Crippen LogP contribution in [0.1, 0.15) is 13.3 Å². The van der Waals surface area contributed by atoms with Crippen LogP contribution in [0.3, 0.4) is 0 Å². The summed E-state index contributed by atoms with van der Waals surface area (Å²) in [5.74, 6) is -0.732. The zero-order valence-corrected chi connectivity index (χ0v) is 11.4. The van der Waals surface area contributed by atoms with Gasteiger partial charge in [0.2, 0.25) is 5.82 Å². The summed E-state index contributed by atoms with van der Waals surface area (Å²) < 4.78 is 34.6. The van der Waals surface area contributed by atoms with Crippen LogP contribution in [0.15, 0.2) is 18.2 Å². The lowest BCUT2D eigenvalue weighted by atomic mass is 10.3. The summed E-state index contributed by atoms with van der Waals surface area (Å²) in [6.45, 7) is 2.42. The highest BCUT2D eigenvalue weighted by atomic mass is 31.1. The number of rotatable bonds is 8. The molecule has 0 aromatic heterocycles. The molecule has 106 valence electrons. The van der Waals surface area contributed by atoms with Crippen LogP contribution in [0.25, 0.3) is 0 Å². The average Bonchev–Trinajstić information content (AvgIpc) is 2.34. The quantitative estimate of drug-likeness (QED) is 0.318. The Kier molecular flexibility index (Phi) is 6.45. The van der Waals surface area contributed by atoms with Gasteiger partial charge in [0, 0.05) is 18.3 Å². The van der Waals surface area contributed by atoms with E-state index in [0.717, 1.165) is 12.1 Å². The third-order valence-corrected chi connectivity index (χ3v) is 3.59. The predicted octanol–water partition coefficient (Wildman–Crippen LogP) is 3.01. The van der Waals surface area contributed by atoms with Crippen molar-refractivity contribution in [3.05, 3.63) is 34.1 Å². The molecule has 1 unspecified atom stereocenters. The van der Waals surface area contributed by atoms with Gasteiger partial charge in [-0.3, -0.25) is 14.7 Å². The molecule has 0 bridgehead atoms. The van der Waals surface area contributed by atoms with Crippen molar-refractivity contribution >= 4 is 13.7 Å². The van der Waals surface area contributed by atoms with Crippen LogP contribution >= 0.6 is 8.03 Å². The van der Waals surface area contributed by atoms with Crippen molar-refractivity contribution < 1.29 is 23.1 Å². The molecule has 1 atom stereocenters. The van der Waals surface area contributed by atoms with Gasteiger partial charge in [-0.1, -0.05) is 0 Å². The number of hydrogen-bond donors (Lipinski definition) is 0. The number of nitro benzene ring substituents is 1. The van der Waals surface area contributed by atoms with E-state index in [-0.39, 0.29) is 12.4 Å². The van der Waals surface area contributed by atoms with Crippen LogP contribution in [0, 0.1) is 15.9 Å². The van der Waals surface area contributed by atoms with Crippen molar-refractivity contribution in [1.29, 1.82) is 0 Å². The van der Waals surface area contributed by atoms with Gasteiger partial charge in [0.05, 0.1) is 18.1 Å². The van der Waals surface area contributed by atoms with Gasteiger partial charge in [0.15, 0.2) is 8.03 Å². The molecule has 0 saturated carbocycles. The standard InChI is InChI=1S/C11H15FNO5P/c1-2-18-19(16)7-3-6-17-9-4-5-11(13(14)15)10(12)8-9/h4-5,8,19H,2-3,6-7H2,1H3. The van der Waals surface area contributed by atoms with Gasteiger partial charge in [0.25, 0.3) is 0 Å². The Bertz CT molecular complexity index is 468. The van der Waals surface area contributed by atoms with Crippen LogP contribution in [0.2, 0.25) is 0 Å². The Morgan fingerprint density at radius 3 is 2.79 bits per heavy atom. The minimum Gasteiger partial charge on any atom is -0.493 e. The molecule has 1 aromatic rings. The van der Waals surface area contributed by atoms with Gasteiger partial charge in [-0.15, -0.1) is 0 Å². The number of halogens is 1. The lowest BCUT2D eigenvalue weighted by Gasteiger charge is -2.06. The van der Waals surface area contributed by atoms with Crippen LogP contribution in [0.4, 0.5) is 10.1 Å². The van der Waals surface area contributed by atoms with Gasteiger partial charge in [-0.05, 0) is 19.4 Å². The van der Waals surface area contributed by atoms with Gasteiger partial charge in [0.1, 0.15) is 5.75 Å². The van der Waals surface area contributed by atoms with Crippen molar-refractivity contribution in [2.45, 2.75) is 13.3 Å². The minimum atomic E-state index is -2.01. The molecule has 0 spiro atoms. The minimum absolute atomic E-state index is 0.208. The molecule has 8 heteroatoms. The molecule has 6 nitrogen and oxygen atoms in total. The lowest BCUT2D eigenvalue weighted by molar-refractivity contribution is -0.387. The summed E-state index contributed by atoms with van der Waals surface area (Å²) in [4.78, 5) is 9.61. The third kappa shape index (κ3) is 5.36. The molecule has 0 aliphatic carbocycles. The van der Waals surface area contributed by atoms with Crippen molar-refractivity contribution in [3.8, 4) is 5.75 Å². The highest BCUT2D eigenvalue weighted by molar-refractivity contribution is 7.39. The first-order valence-electron chi connectivity index (χ1n) is 5.77. The highest BCUT2D eigenvalue weighted by Crippen LogP contribution is 2.24. The Morgan fingerprint density at radius 2 is 2.21 bits per heavy atom. The predicted molar refractivity (Wildman–Crippen MR) is 68.7 cm³/mol. The number of hydrogen-bond acceptors (Lipinski definition) is 5. The Morgan fingerprint density at radius 1 is 1.47 bits per heavy atom. The molecule has 0 radical (unpaired) electrons. The fourth-order valence-corrected chi connectivity index (χ4v) is 2.26. The first-order valence-corrected chi connectivity index (χ1v) is 7.29. The highest BCUT2D eigenvalue weighted by Gasteiger charge is 2.14. The molecular weight excluding hydrogens is 276 g/mol. The lowest BCUT2D eigenvalue weighted by Crippen LogP contribution is -2.00. The maximum atomic E-state index is 13.3. The molecular formula is C11H15FNO5P. The fourth-order valence-electron chi connectivity index (χ4n) is 1.37. The van der Waals surface area contributed by atoms with Crippen LogP contribution in [0.5, 0.6) is 5.75 Å². The molecule has 1 aromatic carbocycles. The summed E-state index contributed by atoms with van der Waals surface area (Å²) in [5, 5.41) is 10.4. The Labute approximate surface area is 110 Å². The number of ether oxygens (including phenoxy) is 1. The first-order chi connectivity index (χ1) is 9.04. The molecule has 0 saturated heterocycles. The number of nitrogens with zero attached hydrogens (tertiary/aromatic N) is 1. The topological polar surface area (TPSA) is 78.7 Å². The molecule has 1 rings (SSSR count). The SMILES string of the molecule is CCO[PH](=O)CCCOc1ccc([N+](=O)[O-])c(F)c1.